The summed E-state index contributed by atoms with van der Waals surface area (Å²) in [6, 6.07) is 0. The summed E-state index contributed by atoms with van der Waals surface area (Å²) in [4.78, 5) is 11.5. The molecule has 1 saturated heterocycles. The van der Waals surface area contributed by atoms with E-state index in [4.69, 9.17) is 9.47 Å². The SMILES string of the molecule is C=C(C)C(=O)NC[C@H](O)[C@@H](O)[C@H](O[C@H]1O[C@H](CO)[C@@H](O)[C@H](O)[C@H]1O)[C@H](O)CO. The lowest BCUT2D eigenvalue weighted by Crippen LogP contribution is -2.61. The zero-order chi connectivity index (χ0) is 21.6. The molecule has 9 atom stereocenters. The van der Waals surface area contributed by atoms with Crippen LogP contribution in [0.25, 0.3) is 0 Å². The maximum Gasteiger partial charge on any atom is 0.246 e. The fraction of sp³-hybridized carbons (Fsp3) is 0.812. The Morgan fingerprint density at radius 1 is 1.11 bits per heavy atom. The molecule has 0 saturated carbocycles. The van der Waals surface area contributed by atoms with E-state index in [1.165, 1.54) is 6.92 Å². The van der Waals surface area contributed by atoms with Gasteiger partial charge in [0.15, 0.2) is 6.29 Å². The fourth-order valence-corrected chi connectivity index (χ4v) is 2.53. The van der Waals surface area contributed by atoms with E-state index in [9.17, 15) is 45.6 Å². The first kappa shape index (κ1) is 24.8. The van der Waals surface area contributed by atoms with Crippen LogP contribution in [0.4, 0.5) is 0 Å². The van der Waals surface area contributed by atoms with E-state index in [0.717, 1.165) is 0 Å². The van der Waals surface area contributed by atoms with Crippen LogP contribution in [0.2, 0.25) is 0 Å². The molecule has 9 N–H and O–H groups in total. The summed E-state index contributed by atoms with van der Waals surface area (Å²) in [7, 11) is 0. The van der Waals surface area contributed by atoms with Crippen molar-refractivity contribution in [1.82, 2.24) is 5.32 Å². The molecular weight excluding hydrogens is 382 g/mol. The monoisotopic (exact) mass is 411 g/mol. The van der Waals surface area contributed by atoms with Gasteiger partial charge in [0.2, 0.25) is 5.91 Å². The number of carbonyl (C=O) groups excluding carboxylic acids is 1. The van der Waals surface area contributed by atoms with Gasteiger partial charge in [0.25, 0.3) is 0 Å². The Morgan fingerprint density at radius 3 is 2.21 bits per heavy atom. The van der Waals surface area contributed by atoms with Gasteiger partial charge in [-0.25, -0.2) is 0 Å². The third-order valence-electron chi connectivity index (χ3n) is 4.30. The zero-order valence-electron chi connectivity index (χ0n) is 15.3. The molecule has 0 radical (unpaired) electrons. The van der Waals surface area contributed by atoms with Crippen molar-refractivity contribution >= 4 is 5.91 Å². The number of hydrogen-bond donors (Lipinski definition) is 9. The van der Waals surface area contributed by atoms with Gasteiger partial charge in [-0.1, -0.05) is 6.58 Å². The molecule has 0 aromatic rings. The number of nitrogens with one attached hydrogen (secondary N) is 1. The molecular formula is C16H29NO11. The first-order chi connectivity index (χ1) is 13.0. The molecule has 0 aromatic carbocycles. The third-order valence-corrected chi connectivity index (χ3v) is 4.30. The molecule has 1 aliphatic heterocycles. The molecule has 1 amide bonds. The number of aliphatic hydroxyl groups is 8. The summed E-state index contributed by atoms with van der Waals surface area (Å²) in [5.74, 6) is -0.583. The summed E-state index contributed by atoms with van der Waals surface area (Å²) in [6.45, 7) is 2.77. The van der Waals surface area contributed by atoms with Crippen molar-refractivity contribution in [2.24, 2.45) is 0 Å². The minimum atomic E-state index is -1.86. The van der Waals surface area contributed by atoms with Crippen LogP contribution in [0.1, 0.15) is 6.92 Å². The van der Waals surface area contributed by atoms with Gasteiger partial charge in [-0.3, -0.25) is 4.79 Å². The van der Waals surface area contributed by atoms with E-state index in [-0.39, 0.29) is 5.57 Å². The van der Waals surface area contributed by atoms with Crippen LogP contribution in [0.15, 0.2) is 12.2 Å². The Balaban J connectivity index is 2.86. The van der Waals surface area contributed by atoms with Crippen LogP contribution >= 0.6 is 0 Å². The second kappa shape index (κ2) is 11.1. The fourth-order valence-electron chi connectivity index (χ4n) is 2.53. The number of carbonyl (C=O) groups is 1. The second-order valence-corrected chi connectivity index (χ2v) is 6.60. The summed E-state index contributed by atoms with van der Waals surface area (Å²) in [6.07, 6.45) is -15.2. The average Bonchev–Trinajstić information content (AvgIpc) is 2.68. The van der Waals surface area contributed by atoms with Crippen molar-refractivity contribution in [3.05, 3.63) is 12.2 Å². The summed E-state index contributed by atoms with van der Waals surface area (Å²) in [5, 5.41) is 80.4. The largest absolute Gasteiger partial charge is 0.394 e. The molecule has 1 aliphatic rings. The van der Waals surface area contributed by atoms with Crippen molar-refractivity contribution in [2.75, 3.05) is 19.8 Å². The average molecular weight is 411 g/mol. The van der Waals surface area contributed by atoms with Crippen LogP contribution in [0.3, 0.4) is 0 Å². The first-order valence-electron chi connectivity index (χ1n) is 8.59. The highest BCUT2D eigenvalue weighted by Crippen LogP contribution is 2.24. The van der Waals surface area contributed by atoms with E-state index >= 15 is 0 Å². The van der Waals surface area contributed by atoms with Gasteiger partial charge in [-0.15, -0.1) is 0 Å². The van der Waals surface area contributed by atoms with Crippen molar-refractivity contribution in [3.63, 3.8) is 0 Å². The molecule has 1 heterocycles. The summed E-state index contributed by atoms with van der Waals surface area (Å²) < 4.78 is 10.4. The predicted molar refractivity (Wildman–Crippen MR) is 91.6 cm³/mol. The Kier molecular flexibility index (Phi) is 9.86. The third kappa shape index (κ3) is 6.15. The molecule has 164 valence electrons. The molecule has 12 nitrogen and oxygen atoms in total. The molecule has 1 rings (SSSR count). The number of rotatable bonds is 10. The predicted octanol–water partition coefficient (Wildman–Crippen LogP) is -5.06. The second-order valence-electron chi connectivity index (χ2n) is 6.60. The lowest BCUT2D eigenvalue weighted by molar-refractivity contribution is -0.327. The first-order valence-corrected chi connectivity index (χ1v) is 8.59. The van der Waals surface area contributed by atoms with Crippen molar-refractivity contribution in [3.8, 4) is 0 Å². The van der Waals surface area contributed by atoms with E-state index in [1.54, 1.807) is 0 Å². The molecule has 28 heavy (non-hydrogen) atoms. The Labute approximate surface area is 161 Å². The standard InChI is InChI=1S/C16H29NO11/c1-6(2)15(26)17-3-7(20)10(22)14(8(21)4-18)28-16-13(25)12(24)11(23)9(5-19)27-16/h7-14,16,18-25H,1,3-5H2,2H3,(H,17,26)/t7-,8+,9+,10+,11+,12-,13+,14+,16+/m0/s1. The number of aliphatic hydroxyl groups excluding tert-OH is 8. The van der Waals surface area contributed by atoms with Gasteiger partial charge in [0.1, 0.15) is 42.7 Å². The maximum atomic E-state index is 11.5. The highest BCUT2D eigenvalue weighted by Gasteiger charge is 2.46. The molecule has 0 spiro atoms. The molecule has 0 aromatic heterocycles. The lowest BCUT2D eigenvalue weighted by atomic mass is 9.98. The Hall–Kier alpha value is -1.19. The molecule has 0 bridgehead atoms. The maximum absolute atomic E-state index is 11.5. The summed E-state index contributed by atoms with van der Waals surface area (Å²) in [5.41, 5.74) is 0.159. The van der Waals surface area contributed by atoms with Gasteiger partial charge in [-0.2, -0.15) is 0 Å². The summed E-state index contributed by atoms with van der Waals surface area (Å²) >= 11 is 0. The smallest absolute Gasteiger partial charge is 0.246 e. The Morgan fingerprint density at radius 2 is 1.71 bits per heavy atom. The minimum absolute atomic E-state index is 0.159. The quantitative estimate of drug-likeness (QED) is 0.155. The number of ether oxygens (including phenoxy) is 2. The lowest BCUT2D eigenvalue weighted by Gasteiger charge is -2.42. The minimum Gasteiger partial charge on any atom is -0.394 e. The van der Waals surface area contributed by atoms with Gasteiger partial charge < -0.3 is 55.6 Å². The van der Waals surface area contributed by atoms with Gasteiger partial charge in [-0.05, 0) is 6.92 Å². The Bertz CT molecular complexity index is 517. The van der Waals surface area contributed by atoms with Crippen LogP contribution < -0.4 is 5.32 Å². The zero-order valence-corrected chi connectivity index (χ0v) is 15.3. The van der Waals surface area contributed by atoms with Crippen molar-refractivity contribution in [1.29, 1.82) is 0 Å². The van der Waals surface area contributed by atoms with Crippen molar-refractivity contribution in [2.45, 2.75) is 62.0 Å². The molecule has 0 aliphatic carbocycles. The van der Waals surface area contributed by atoms with Crippen molar-refractivity contribution < 1.29 is 55.1 Å². The van der Waals surface area contributed by atoms with Gasteiger partial charge >= 0.3 is 0 Å². The van der Waals surface area contributed by atoms with E-state index in [0.29, 0.717) is 0 Å². The number of amides is 1. The van der Waals surface area contributed by atoms with E-state index in [2.05, 4.69) is 11.9 Å². The number of hydrogen-bond acceptors (Lipinski definition) is 11. The molecule has 1 fully saturated rings. The van der Waals surface area contributed by atoms with E-state index in [1.807, 2.05) is 0 Å². The van der Waals surface area contributed by atoms with Gasteiger partial charge in [0.05, 0.1) is 19.3 Å². The van der Waals surface area contributed by atoms with Crippen LogP contribution in [-0.2, 0) is 14.3 Å². The van der Waals surface area contributed by atoms with Crippen LogP contribution in [0, 0.1) is 0 Å². The topological polar surface area (TPSA) is 209 Å². The normalized spacial score (nSPS) is 32.2. The molecule has 12 heteroatoms. The van der Waals surface area contributed by atoms with Gasteiger partial charge in [0, 0.05) is 12.1 Å². The van der Waals surface area contributed by atoms with E-state index < -0.39 is 80.8 Å². The van der Waals surface area contributed by atoms with Crippen LogP contribution in [0.5, 0.6) is 0 Å². The molecule has 0 unspecified atom stereocenters. The highest BCUT2D eigenvalue weighted by molar-refractivity contribution is 5.92. The highest BCUT2D eigenvalue weighted by atomic mass is 16.7. The van der Waals surface area contributed by atoms with Crippen LogP contribution in [-0.4, -0.2) is 122 Å².